The van der Waals surface area contributed by atoms with E-state index < -0.39 is 15.9 Å². The maximum Gasteiger partial charge on any atom is 0.259 e. The second kappa shape index (κ2) is 9.44. The van der Waals surface area contributed by atoms with Crippen molar-refractivity contribution in [3.05, 3.63) is 75.5 Å². The van der Waals surface area contributed by atoms with Crippen LogP contribution in [-0.4, -0.2) is 36.7 Å². The van der Waals surface area contributed by atoms with E-state index in [1.807, 2.05) is 0 Å². The van der Waals surface area contributed by atoms with Crippen molar-refractivity contribution in [1.29, 1.82) is 0 Å². The van der Waals surface area contributed by atoms with E-state index in [0.29, 0.717) is 11.6 Å². The number of anilines is 1. The fourth-order valence-electron chi connectivity index (χ4n) is 2.70. The third-order valence-electron chi connectivity index (χ3n) is 4.65. The number of halogens is 2. The van der Waals surface area contributed by atoms with Crippen LogP contribution in [0.4, 0.5) is 9.52 Å². The first-order valence-corrected chi connectivity index (χ1v) is 12.0. The molecule has 0 saturated heterocycles. The summed E-state index contributed by atoms with van der Waals surface area (Å²) in [5.41, 5.74) is 0.952. The fraction of sp³-hybridized carbons (Fsp3) is 0.238. The van der Waals surface area contributed by atoms with Crippen molar-refractivity contribution in [2.24, 2.45) is 0 Å². The van der Waals surface area contributed by atoms with Crippen LogP contribution in [-0.2, 0) is 16.4 Å². The van der Waals surface area contributed by atoms with Gasteiger partial charge in [0.2, 0.25) is 10.0 Å². The van der Waals surface area contributed by atoms with Gasteiger partial charge in [0.15, 0.2) is 5.13 Å². The Morgan fingerprint density at radius 2 is 1.90 bits per heavy atom. The molecular formula is C21H21ClFN3O3S2. The maximum absolute atomic E-state index is 13.0. The monoisotopic (exact) mass is 481 g/mol. The van der Waals surface area contributed by atoms with E-state index in [2.05, 4.69) is 10.3 Å². The second-order valence-electron chi connectivity index (χ2n) is 7.15. The number of rotatable bonds is 7. The lowest BCUT2D eigenvalue weighted by Crippen LogP contribution is -2.33. The molecule has 0 aliphatic rings. The van der Waals surface area contributed by atoms with Gasteiger partial charge in [-0.1, -0.05) is 23.7 Å². The summed E-state index contributed by atoms with van der Waals surface area (Å²) >= 11 is 7.43. The van der Waals surface area contributed by atoms with E-state index in [0.717, 1.165) is 10.4 Å². The van der Waals surface area contributed by atoms with Gasteiger partial charge in [-0.05, 0) is 49.7 Å². The Kier molecular flexibility index (Phi) is 7.10. The van der Waals surface area contributed by atoms with Gasteiger partial charge in [0.1, 0.15) is 5.82 Å². The lowest BCUT2D eigenvalue weighted by atomic mass is 10.1. The third-order valence-corrected chi connectivity index (χ3v) is 7.92. The highest BCUT2D eigenvalue weighted by atomic mass is 35.5. The van der Waals surface area contributed by atoms with Crippen molar-refractivity contribution < 1.29 is 17.6 Å². The van der Waals surface area contributed by atoms with Crippen LogP contribution in [0.15, 0.2) is 53.6 Å². The molecule has 0 bridgehead atoms. The first-order chi connectivity index (χ1) is 14.6. The van der Waals surface area contributed by atoms with Gasteiger partial charge in [0.05, 0.1) is 15.5 Å². The topological polar surface area (TPSA) is 79.4 Å². The summed E-state index contributed by atoms with van der Waals surface area (Å²) < 4.78 is 39.7. The van der Waals surface area contributed by atoms with Gasteiger partial charge in [0, 0.05) is 30.6 Å². The molecule has 1 heterocycles. The van der Waals surface area contributed by atoms with E-state index in [9.17, 15) is 17.6 Å². The number of aromatic nitrogens is 1. The van der Waals surface area contributed by atoms with Crippen molar-refractivity contribution in [2.75, 3.05) is 12.4 Å². The average molecular weight is 482 g/mol. The molecule has 3 aromatic rings. The van der Waals surface area contributed by atoms with E-state index in [-0.39, 0.29) is 27.3 Å². The predicted octanol–water partition coefficient (Wildman–Crippen LogP) is 4.81. The van der Waals surface area contributed by atoms with Crippen molar-refractivity contribution >= 4 is 44.0 Å². The minimum atomic E-state index is -3.76. The van der Waals surface area contributed by atoms with Crippen LogP contribution >= 0.6 is 22.9 Å². The van der Waals surface area contributed by atoms with Gasteiger partial charge < -0.3 is 0 Å². The standard InChI is InChI=1S/C21H21ClFN3O3S2/c1-13(2)26(3)31(28,29)17-8-9-19(22)18(11-17)20(27)25-21-24-12-16(30-21)10-14-4-6-15(23)7-5-14/h4-9,11-13H,10H2,1-3H3,(H,24,25,27). The van der Waals surface area contributed by atoms with E-state index in [1.165, 1.54) is 53.0 Å². The molecule has 0 atom stereocenters. The first-order valence-electron chi connectivity index (χ1n) is 9.36. The maximum atomic E-state index is 13.0. The van der Waals surface area contributed by atoms with Gasteiger partial charge >= 0.3 is 0 Å². The van der Waals surface area contributed by atoms with Crippen LogP contribution < -0.4 is 5.32 Å². The quantitative estimate of drug-likeness (QED) is 0.525. The molecule has 164 valence electrons. The van der Waals surface area contributed by atoms with Gasteiger partial charge in [-0.2, -0.15) is 4.31 Å². The average Bonchev–Trinajstić information content (AvgIpc) is 3.15. The molecule has 3 rings (SSSR count). The Morgan fingerprint density at radius 3 is 2.55 bits per heavy atom. The highest BCUT2D eigenvalue weighted by molar-refractivity contribution is 7.89. The fourth-order valence-corrected chi connectivity index (χ4v) is 5.14. The molecule has 1 N–H and O–H groups in total. The molecule has 0 aliphatic carbocycles. The number of hydrogen-bond acceptors (Lipinski definition) is 5. The second-order valence-corrected chi connectivity index (χ2v) is 10.7. The van der Waals surface area contributed by atoms with Crippen LogP contribution in [0.5, 0.6) is 0 Å². The number of sulfonamides is 1. The largest absolute Gasteiger partial charge is 0.298 e. The molecule has 0 fully saturated rings. The predicted molar refractivity (Wildman–Crippen MR) is 121 cm³/mol. The Labute approximate surface area is 189 Å². The Bertz CT molecular complexity index is 1190. The molecule has 6 nitrogen and oxygen atoms in total. The van der Waals surface area contributed by atoms with Gasteiger partial charge in [0.25, 0.3) is 5.91 Å². The first kappa shape index (κ1) is 23.3. The normalized spacial score (nSPS) is 11.8. The molecule has 1 amide bonds. The summed E-state index contributed by atoms with van der Waals surface area (Å²) in [6.45, 7) is 3.51. The number of hydrogen-bond donors (Lipinski definition) is 1. The SMILES string of the molecule is CC(C)N(C)S(=O)(=O)c1ccc(Cl)c(C(=O)Nc2ncc(Cc3ccc(F)cc3)s2)c1. The molecule has 0 saturated carbocycles. The van der Waals surface area contributed by atoms with Crippen molar-refractivity contribution in [3.8, 4) is 0 Å². The Balaban J connectivity index is 1.78. The zero-order chi connectivity index (χ0) is 22.8. The number of benzene rings is 2. The summed E-state index contributed by atoms with van der Waals surface area (Å²) in [5, 5.41) is 3.14. The minimum absolute atomic E-state index is 0.0191. The highest BCUT2D eigenvalue weighted by Crippen LogP contribution is 2.26. The number of nitrogens with zero attached hydrogens (tertiary/aromatic N) is 2. The minimum Gasteiger partial charge on any atom is -0.298 e. The zero-order valence-electron chi connectivity index (χ0n) is 17.1. The Hall–Kier alpha value is -2.33. The molecule has 31 heavy (non-hydrogen) atoms. The number of thiazole rings is 1. The van der Waals surface area contributed by atoms with Crippen LogP contribution in [0.2, 0.25) is 5.02 Å². The highest BCUT2D eigenvalue weighted by Gasteiger charge is 2.25. The summed E-state index contributed by atoms with van der Waals surface area (Å²) in [5.74, 6) is -0.862. The van der Waals surface area contributed by atoms with E-state index in [1.54, 1.807) is 32.2 Å². The molecule has 0 spiro atoms. The van der Waals surface area contributed by atoms with Crippen LogP contribution in [0.1, 0.15) is 34.6 Å². The summed E-state index contributed by atoms with van der Waals surface area (Å²) in [4.78, 5) is 17.8. The van der Waals surface area contributed by atoms with Crippen LogP contribution in [0.25, 0.3) is 0 Å². The number of nitrogens with one attached hydrogen (secondary N) is 1. The number of carbonyl (C=O) groups excluding carboxylic acids is 1. The molecule has 0 radical (unpaired) electrons. The lowest BCUT2D eigenvalue weighted by molar-refractivity contribution is 0.102. The van der Waals surface area contributed by atoms with Crippen LogP contribution in [0, 0.1) is 5.82 Å². The summed E-state index contributed by atoms with van der Waals surface area (Å²) in [6, 6.07) is 9.93. The smallest absolute Gasteiger partial charge is 0.259 e. The molecule has 10 heteroatoms. The van der Waals surface area contributed by atoms with Crippen molar-refractivity contribution in [3.63, 3.8) is 0 Å². The number of carbonyl (C=O) groups is 1. The third kappa shape index (κ3) is 5.48. The number of amides is 1. The van der Waals surface area contributed by atoms with Gasteiger partial charge in [-0.3, -0.25) is 10.1 Å². The molecule has 1 aromatic heterocycles. The lowest BCUT2D eigenvalue weighted by Gasteiger charge is -2.21. The van der Waals surface area contributed by atoms with Crippen molar-refractivity contribution in [1.82, 2.24) is 9.29 Å². The molecular weight excluding hydrogens is 461 g/mol. The molecule has 2 aromatic carbocycles. The zero-order valence-corrected chi connectivity index (χ0v) is 19.5. The van der Waals surface area contributed by atoms with Crippen LogP contribution in [0.3, 0.4) is 0 Å². The summed E-state index contributed by atoms with van der Waals surface area (Å²) in [7, 11) is -2.28. The van der Waals surface area contributed by atoms with Gasteiger partial charge in [-0.15, -0.1) is 11.3 Å². The van der Waals surface area contributed by atoms with Crippen molar-refractivity contribution in [2.45, 2.75) is 31.2 Å². The molecule has 0 unspecified atom stereocenters. The molecule has 0 aliphatic heterocycles. The Morgan fingerprint density at radius 1 is 1.23 bits per heavy atom. The van der Waals surface area contributed by atoms with Gasteiger partial charge in [-0.25, -0.2) is 17.8 Å². The summed E-state index contributed by atoms with van der Waals surface area (Å²) in [6.07, 6.45) is 2.17. The van der Waals surface area contributed by atoms with E-state index >= 15 is 0 Å². The van der Waals surface area contributed by atoms with E-state index in [4.69, 9.17) is 11.6 Å².